The van der Waals surface area contributed by atoms with Crippen molar-refractivity contribution in [2.75, 3.05) is 13.2 Å². The van der Waals surface area contributed by atoms with Crippen LogP contribution in [-0.2, 0) is 0 Å². The van der Waals surface area contributed by atoms with Crippen LogP contribution in [-0.4, -0.2) is 23.4 Å². The zero-order chi connectivity index (χ0) is 12.1. The standard InChI is InChI=1S/C13H20O3/c1-9(7-14)8-16-13-5-4-12(11(3)15)6-10(13)2/h4-6,9,11,14-15H,7-8H2,1-3H3/t9?,11-/m0/s1. The summed E-state index contributed by atoms with van der Waals surface area (Å²) in [6.45, 7) is 6.25. The maximum absolute atomic E-state index is 9.42. The Morgan fingerprint density at radius 1 is 1.31 bits per heavy atom. The minimum absolute atomic E-state index is 0.130. The van der Waals surface area contributed by atoms with Gasteiger partial charge in [0.25, 0.3) is 0 Å². The van der Waals surface area contributed by atoms with Gasteiger partial charge >= 0.3 is 0 Å². The fourth-order valence-corrected chi connectivity index (χ4v) is 1.38. The van der Waals surface area contributed by atoms with Gasteiger partial charge in [0.05, 0.1) is 12.7 Å². The van der Waals surface area contributed by atoms with E-state index >= 15 is 0 Å². The number of benzene rings is 1. The second-order valence-corrected chi connectivity index (χ2v) is 4.30. The van der Waals surface area contributed by atoms with Gasteiger partial charge in [-0.1, -0.05) is 13.0 Å². The van der Waals surface area contributed by atoms with E-state index in [1.165, 1.54) is 0 Å². The van der Waals surface area contributed by atoms with Gasteiger partial charge in [0, 0.05) is 12.5 Å². The molecule has 0 amide bonds. The molecular formula is C13H20O3. The van der Waals surface area contributed by atoms with Crippen molar-refractivity contribution in [2.45, 2.75) is 26.9 Å². The van der Waals surface area contributed by atoms with E-state index in [2.05, 4.69) is 0 Å². The molecule has 0 aromatic heterocycles. The summed E-state index contributed by atoms with van der Waals surface area (Å²) in [5, 5.41) is 18.3. The second-order valence-electron chi connectivity index (χ2n) is 4.30. The van der Waals surface area contributed by atoms with Crippen molar-refractivity contribution >= 4 is 0 Å². The molecule has 16 heavy (non-hydrogen) atoms. The fraction of sp³-hybridized carbons (Fsp3) is 0.538. The van der Waals surface area contributed by atoms with E-state index in [9.17, 15) is 5.11 Å². The highest BCUT2D eigenvalue weighted by Gasteiger charge is 2.06. The summed E-state index contributed by atoms with van der Waals surface area (Å²) in [5.41, 5.74) is 1.89. The molecule has 0 bridgehead atoms. The number of rotatable bonds is 5. The number of aliphatic hydroxyl groups is 2. The second kappa shape index (κ2) is 5.87. The van der Waals surface area contributed by atoms with Gasteiger partial charge in [-0.3, -0.25) is 0 Å². The van der Waals surface area contributed by atoms with Crippen molar-refractivity contribution < 1.29 is 14.9 Å². The van der Waals surface area contributed by atoms with Crippen LogP contribution >= 0.6 is 0 Å². The Morgan fingerprint density at radius 2 is 2.00 bits per heavy atom. The number of hydrogen-bond acceptors (Lipinski definition) is 3. The number of aliphatic hydroxyl groups excluding tert-OH is 2. The SMILES string of the molecule is Cc1cc([C@H](C)O)ccc1OCC(C)CO. The van der Waals surface area contributed by atoms with Crippen molar-refractivity contribution in [2.24, 2.45) is 5.92 Å². The Hall–Kier alpha value is -1.06. The van der Waals surface area contributed by atoms with E-state index < -0.39 is 6.10 Å². The molecule has 2 N–H and O–H groups in total. The molecule has 0 aliphatic heterocycles. The Morgan fingerprint density at radius 3 is 2.50 bits per heavy atom. The largest absolute Gasteiger partial charge is 0.493 e. The minimum Gasteiger partial charge on any atom is -0.493 e. The molecule has 1 unspecified atom stereocenters. The van der Waals surface area contributed by atoms with Crippen LogP contribution < -0.4 is 4.74 Å². The zero-order valence-electron chi connectivity index (χ0n) is 10.1. The van der Waals surface area contributed by atoms with E-state index in [4.69, 9.17) is 9.84 Å². The highest BCUT2D eigenvalue weighted by molar-refractivity contribution is 5.36. The molecule has 0 saturated carbocycles. The third-order valence-electron chi connectivity index (χ3n) is 2.52. The predicted octanol–water partition coefficient (Wildman–Crippen LogP) is 2.06. The third-order valence-corrected chi connectivity index (χ3v) is 2.52. The van der Waals surface area contributed by atoms with Crippen molar-refractivity contribution in [3.05, 3.63) is 29.3 Å². The van der Waals surface area contributed by atoms with Gasteiger partial charge in [0.1, 0.15) is 5.75 Å². The molecule has 0 saturated heterocycles. The lowest BCUT2D eigenvalue weighted by Gasteiger charge is -2.14. The minimum atomic E-state index is -0.455. The van der Waals surface area contributed by atoms with Crippen molar-refractivity contribution in [3.63, 3.8) is 0 Å². The molecular weight excluding hydrogens is 204 g/mol. The van der Waals surface area contributed by atoms with Gasteiger partial charge in [-0.2, -0.15) is 0 Å². The summed E-state index contributed by atoms with van der Waals surface area (Å²) >= 11 is 0. The van der Waals surface area contributed by atoms with Crippen LogP contribution in [0.2, 0.25) is 0 Å². The molecule has 0 aliphatic carbocycles. The average molecular weight is 224 g/mol. The van der Waals surface area contributed by atoms with Gasteiger partial charge in [-0.05, 0) is 37.1 Å². The van der Waals surface area contributed by atoms with Crippen molar-refractivity contribution in [1.82, 2.24) is 0 Å². The van der Waals surface area contributed by atoms with E-state index in [0.29, 0.717) is 6.61 Å². The first-order valence-corrected chi connectivity index (χ1v) is 5.57. The summed E-state index contributed by atoms with van der Waals surface area (Å²) in [5.74, 6) is 0.945. The molecule has 2 atom stereocenters. The van der Waals surface area contributed by atoms with Crippen molar-refractivity contribution in [3.8, 4) is 5.75 Å². The lowest BCUT2D eigenvalue weighted by atomic mass is 10.1. The van der Waals surface area contributed by atoms with E-state index in [-0.39, 0.29) is 12.5 Å². The van der Waals surface area contributed by atoms with Crippen LogP contribution in [0.4, 0.5) is 0 Å². The average Bonchev–Trinajstić information content (AvgIpc) is 2.26. The third kappa shape index (κ3) is 3.51. The first-order chi connectivity index (χ1) is 7.54. The smallest absolute Gasteiger partial charge is 0.122 e. The molecule has 0 aliphatic rings. The lowest BCUT2D eigenvalue weighted by Crippen LogP contribution is -2.12. The number of hydrogen-bond donors (Lipinski definition) is 2. The maximum atomic E-state index is 9.42. The molecule has 3 nitrogen and oxygen atoms in total. The predicted molar refractivity (Wildman–Crippen MR) is 63.6 cm³/mol. The molecule has 3 heteroatoms. The maximum Gasteiger partial charge on any atom is 0.122 e. The monoisotopic (exact) mass is 224 g/mol. The van der Waals surface area contributed by atoms with Gasteiger partial charge in [-0.25, -0.2) is 0 Å². The first kappa shape index (κ1) is 13.0. The molecule has 0 radical (unpaired) electrons. The molecule has 90 valence electrons. The summed E-state index contributed by atoms with van der Waals surface area (Å²) in [7, 11) is 0. The Balaban J connectivity index is 2.68. The highest BCUT2D eigenvalue weighted by Crippen LogP contribution is 2.22. The van der Waals surface area contributed by atoms with E-state index in [1.54, 1.807) is 6.92 Å². The van der Waals surface area contributed by atoms with Crippen LogP contribution in [0.5, 0.6) is 5.75 Å². The van der Waals surface area contributed by atoms with Gasteiger partial charge < -0.3 is 14.9 Å². The Kier molecular flexibility index (Phi) is 4.77. The van der Waals surface area contributed by atoms with Gasteiger partial charge in [-0.15, -0.1) is 0 Å². The van der Waals surface area contributed by atoms with Crippen LogP contribution in [0.15, 0.2) is 18.2 Å². The normalized spacial score (nSPS) is 14.6. The number of ether oxygens (including phenoxy) is 1. The van der Waals surface area contributed by atoms with Crippen LogP contribution in [0.3, 0.4) is 0 Å². The Labute approximate surface area is 96.7 Å². The molecule has 1 aromatic rings. The van der Waals surface area contributed by atoms with Gasteiger partial charge in [0.15, 0.2) is 0 Å². The summed E-state index contributed by atoms with van der Waals surface area (Å²) in [4.78, 5) is 0. The lowest BCUT2D eigenvalue weighted by molar-refractivity contribution is 0.173. The quantitative estimate of drug-likeness (QED) is 0.804. The van der Waals surface area contributed by atoms with Gasteiger partial charge in [0.2, 0.25) is 0 Å². The fourth-order valence-electron chi connectivity index (χ4n) is 1.38. The molecule has 1 rings (SSSR count). The van der Waals surface area contributed by atoms with E-state index in [1.807, 2.05) is 32.0 Å². The highest BCUT2D eigenvalue weighted by atomic mass is 16.5. The summed E-state index contributed by atoms with van der Waals surface area (Å²) in [6, 6.07) is 5.64. The molecule has 1 aromatic carbocycles. The van der Waals surface area contributed by atoms with Crippen LogP contribution in [0.1, 0.15) is 31.1 Å². The van der Waals surface area contributed by atoms with E-state index in [0.717, 1.165) is 16.9 Å². The van der Waals surface area contributed by atoms with Crippen LogP contribution in [0.25, 0.3) is 0 Å². The summed E-state index contributed by atoms with van der Waals surface area (Å²) < 4.78 is 5.58. The first-order valence-electron chi connectivity index (χ1n) is 5.57. The summed E-state index contributed by atoms with van der Waals surface area (Å²) in [6.07, 6.45) is -0.455. The number of aryl methyl sites for hydroxylation is 1. The topological polar surface area (TPSA) is 49.7 Å². The molecule has 0 spiro atoms. The Bertz CT molecular complexity index is 334. The van der Waals surface area contributed by atoms with Crippen LogP contribution in [0, 0.1) is 12.8 Å². The molecule has 0 fully saturated rings. The zero-order valence-corrected chi connectivity index (χ0v) is 10.1. The molecule has 0 heterocycles. The van der Waals surface area contributed by atoms with Crippen molar-refractivity contribution in [1.29, 1.82) is 0 Å².